The first kappa shape index (κ1) is 17.2. The number of aliphatic carboxylic acids is 1. The maximum Gasteiger partial charge on any atom is 0.310 e. The molecule has 1 aromatic carbocycles. The molecule has 0 radical (unpaired) electrons. The van der Waals surface area contributed by atoms with Crippen LogP contribution in [-0.4, -0.2) is 28.5 Å². The van der Waals surface area contributed by atoms with Gasteiger partial charge in [0.25, 0.3) is 11.6 Å². The molecule has 2 N–H and O–H groups in total. The van der Waals surface area contributed by atoms with Crippen LogP contribution in [0.25, 0.3) is 0 Å². The molecule has 0 aromatic heterocycles. The molecule has 0 unspecified atom stereocenters. The van der Waals surface area contributed by atoms with Crippen LogP contribution in [-0.2, 0) is 4.79 Å². The number of carbonyl (C=O) groups excluding carboxylic acids is 1. The number of nitrogens with one attached hydrogen (secondary N) is 1. The second kappa shape index (κ2) is 6.28. The summed E-state index contributed by atoms with van der Waals surface area (Å²) in [6.45, 7) is 2.73. The number of hydrogen-bond donors (Lipinski definition) is 2. The molecule has 1 rings (SSSR count). The van der Waals surface area contributed by atoms with E-state index in [1.54, 1.807) is 0 Å². The molecule has 0 atom stereocenters. The zero-order valence-corrected chi connectivity index (χ0v) is 12.7. The minimum Gasteiger partial charge on any atom is -0.481 e. The Morgan fingerprint density at radius 2 is 1.95 bits per heavy atom. The summed E-state index contributed by atoms with van der Waals surface area (Å²) < 4.78 is 0. The molecule has 1 aromatic rings. The Balaban J connectivity index is 2.99. The minimum atomic E-state index is -1.17. The second-order valence-electron chi connectivity index (χ2n) is 4.92. The largest absolute Gasteiger partial charge is 0.481 e. The first-order valence-corrected chi connectivity index (χ1v) is 6.47. The van der Waals surface area contributed by atoms with Crippen molar-refractivity contribution in [2.45, 2.75) is 13.8 Å². The first-order chi connectivity index (χ1) is 9.56. The molecule has 21 heavy (non-hydrogen) atoms. The SMILES string of the molecule is CC(C)(CNC(=O)c1cc(Cl)c(Cl)c([N+](=O)[O-])c1)C(=O)O. The molecule has 0 heterocycles. The summed E-state index contributed by atoms with van der Waals surface area (Å²) in [6, 6.07) is 2.16. The molecule has 114 valence electrons. The summed E-state index contributed by atoms with van der Waals surface area (Å²) in [5.74, 6) is -1.76. The van der Waals surface area contributed by atoms with Crippen molar-refractivity contribution in [1.29, 1.82) is 0 Å². The lowest BCUT2D eigenvalue weighted by Crippen LogP contribution is -2.38. The molecular weight excluding hydrogens is 323 g/mol. The molecule has 0 bridgehead atoms. The standard InChI is InChI=1S/C12H12Cl2N2O5/c1-12(2,11(18)19)5-15-10(17)6-3-7(13)9(14)8(4-6)16(20)21/h3-4H,5H2,1-2H3,(H,15,17)(H,18,19). The van der Waals surface area contributed by atoms with Crippen molar-refractivity contribution in [3.8, 4) is 0 Å². The van der Waals surface area contributed by atoms with Gasteiger partial charge in [-0.05, 0) is 19.9 Å². The lowest BCUT2D eigenvalue weighted by atomic mass is 9.94. The molecule has 0 spiro atoms. The third-order valence-electron chi connectivity index (χ3n) is 2.74. The average molecular weight is 335 g/mol. The molecule has 0 fully saturated rings. The van der Waals surface area contributed by atoms with Crippen LogP contribution < -0.4 is 5.32 Å². The molecule has 0 aliphatic rings. The van der Waals surface area contributed by atoms with Gasteiger partial charge in [0, 0.05) is 18.2 Å². The van der Waals surface area contributed by atoms with Crippen molar-refractivity contribution >= 4 is 40.8 Å². The monoisotopic (exact) mass is 334 g/mol. The Bertz CT molecular complexity index is 616. The highest BCUT2D eigenvalue weighted by molar-refractivity contribution is 6.43. The highest BCUT2D eigenvalue weighted by atomic mass is 35.5. The van der Waals surface area contributed by atoms with E-state index in [-0.39, 0.29) is 22.2 Å². The molecule has 0 saturated heterocycles. The van der Waals surface area contributed by atoms with Crippen LogP contribution in [0.4, 0.5) is 5.69 Å². The van der Waals surface area contributed by atoms with Crippen molar-refractivity contribution in [3.05, 3.63) is 37.9 Å². The van der Waals surface area contributed by atoms with Crippen LogP contribution in [0.1, 0.15) is 24.2 Å². The predicted molar refractivity (Wildman–Crippen MR) is 76.9 cm³/mol. The molecule has 0 aliphatic carbocycles. The third-order valence-corrected chi connectivity index (χ3v) is 3.53. The van der Waals surface area contributed by atoms with Crippen molar-refractivity contribution in [1.82, 2.24) is 5.32 Å². The van der Waals surface area contributed by atoms with Gasteiger partial charge in [0.2, 0.25) is 0 Å². The lowest BCUT2D eigenvalue weighted by molar-refractivity contribution is -0.384. The van der Waals surface area contributed by atoms with Crippen LogP contribution in [0.15, 0.2) is 12.1 Å². The summed E-state index contributed by atoms with van der Waals surface area (Å²) in [5, 5.41) is 21.7. The zero-order valence-electron chi connectivity index (χ0n) is 11.1. The Hall–Kier alpha value is -1.86. The first-order valence-electron chi connectivity index (χ1n) is 5.71. The molecular formula is C12H12Cl2N2O5. The Morgan fingerprint density at radius 1 is 1.38 bits per heavy atom. The van der Waals surface area contributed by atoms with Crippen LogP contribution in [0.3, 0.4) is 0 Å². The number of nitro benzene ring substituents is 1. The predicted octanol–water partition coefficient (Wildman–Crippen LogP) is 2.74. The van der Waals surface area contributed by atoms with Crippen molar-refractivity contribution in [2.75, 3.05) is 6.54 Å². The van der Waals surface area contributed by atoms with Gasteiger partial charge < -0.3 is 10.4 Å². The van der Waals surface area contributed by atoms with Crippen molar-refractivity contribution in [3.63, 3.8) is 0 Å². The van der Waals surface area contributed by atoms with Gasteiger partial charge in [0.1, 0.15) is 5.02 Å². The number of carbonyl (C=O) groups is 2. The average Bonchev–Trinajstić information content (AvgIpc) is 2.38. The van der Waals surface area contributed by atoms with E-state index in [0.29, 0.717) is 0 Å². The van der Waals surface area contributed by atoms with Gasteiger partial charge in [-0.25, -0.2) is 0 Å². The van der Waals surface area contributed by atoms with E-state index in [9.17, 15) is 19.7 Å². The normalized spacial score (nSPS) is 11.0. The summed E-state index contributed by atoms with van der Waals surface area (Å²) in [6.07, 6.45) is 0. The molecule has 0 saturated carbocycles. The summed E-state index contributed by atoms with van der Waals surface area (Å²) >= 11 is 11.4. The van der Waals surface area contributed by atoms with Gasteiger partial charge in [-0.3, -0.25) is 19.7 Å². The molecule has 9 heteroatoms. The Morgan fingerprint density at radius 3 is 2.43 bits per heavy atom. The quantitative estimate of drug-likeness (QED) is 0.635. The topological polar surface area (TPSA) is 110 Å². The van der Waals surface area contributed by atoms with E-state index < -0.39 is 27.9 Å². The van der Waals surface area contributed by atoms with Crippen molar-refractivity contribution in [2.24, 2.45) is 5.41 Å². The number of rotatable bonds is 5. The fourth-order valence-electron chi connectivity index (χ4n) is 1.32. The summed E-state index contributed by atoms with van der Waals surface area (Å²) in [5.41, 5.74) is -1.73. The van der Waals surface area contributed by atoms with Gasteiger partial charge in [-0.2, -0.15) is 0 Å². The Labute approximate surface area is 130 Å². The smallest absolute Gasteiger partial charge is 0.310 e. The van der Waals surface area contributed by atoms with Crippen molar-refractivity contribution < 1.29 is 19.6 Å². The molecule has 1 amide bonds. The van der Waals surface area contributed by atoms with Crippen LogP contribution >= 0.6 is 23.2 Å². The molecule has 7 nitrogen and oxygen atoms in total. The minimum absolute atomic E-state index is 0.0720. The summed E-state index contributed by atoms with van der Waals surface area (Å²) in [7, 11) is 0. The number of halogens is 2. The summed E-state index contributed by atoms with van der Waals surface area (Å²) in [4.78, 5) is 32.9. The fourth-order valence-corrected chi connectivity index (χ4v) is 1.71. The van der Waals surface area contributed by atoms with E-state index in [1.165, 1.54) is 19.9 Å². The second-order valence-corrected chi connectivity index (χ2v) is 5.71. The van der Waals surface area contributed by atoms with E-state index >= 15 is 0 Å². The lowest BCUT2D eigenvalue weighted by Gasteiger charge is -2.19. The number of nitro groups is 1. The number of benzene rings is 1. The van der Waals surface area contributed by atoms with Gasteiger partial charge in [-0.1, -0.05) is 23.2 Å². The maximum absolute atomic E-state index is 11.9. The van der Waals surface area contributed by atoms with Crippen LogP contribution in [0.5, 0.6) is 0 Å². The van der Waals surface area contributed by atoms with E-state index in [4.69, 9.17) is 28.3 Å². The number of nitrogens with zero attached hydrogens (tertiary/aromatic N) is 1. The van der Waals surface area contributed by atoms with E-state index in [2.05, 4.69) is 5.32 Å². The maximum atomic E-state index is 11.9. The number of hydrogen-bond acceptors (Lipinski definition) is 4. The highest BCUT2D eigenvalue weighted by Crippen LogP contribution is 2.33. The van der Waals surface area contributed by atoms with Gasteiger partial charge in [0.05, 0.1) is 15.4 Å². The molecule has 0 aliphatic heterocycles. The van der Waals surface area contributed by atoms with Crippen LogP contribution in [0, 0.1) is 15.5 Å². The third kappa shape index (κ3) is 4.05. The van der Waals surface area contributed by atoms with E-state index in [1.807, 2.05) is 0 Å². The fraction of sp³-hybridized carbons (Fsp3) is 0.333. The number of carboxylic acid groups (broad SMARTS) is 1. The highest BCUT2D eigenvalue weighted by Gasteiger charge is 2.28. The zero-order chi connectivity index (χ0) is 16.4. The number of amides is 1. The van der Waals surface area contributed by atoms with Gasteiger partial charge in [0.15, 0.2) is 0 Å². The van der Waals surface area contributed by atoms with Gasteiger partial charge >= 0.3 is 5.97 Å². The van der Waals surface area contributed by atoms with Crippen LogP contribution in [0.2, 0.25) is 10.0 Å². The number of carboxylic acids is 1. The van der Waals surface area contributed by atoms with Gasteiger partial charge in [-0.15, -0.1) is 0 Å². The van der Waals surface area contributed by atoms with E-state index in [0.717, 1.165) is 6.07 Å². The Kier molecular flexibility index (Phi) is 5.14.